The number of nitrogens with one attached hydrogen (secondary N) is 2. The van der Waals surface area contributed by atoms with Crippen molar-refractivity contribution < 1.29 is 14.3 Å². The number of urea groups is 1. The first-order valence-corrected chi connectivity index (χ1v) is 6.98. The first kappa shape index (κ1) is 14.7. The van der Waals surface area contributed by atoms with Crippen molar-refractivity contribution >= 4 is 6.03 Å². The van der Waals surface area contributed by atoms with Gasteiger partial charge in [0.05, 0.1) is 19.3 Å². The predicted octanol–water partition coefficient (Wildman–Crippen LogP) is 2.06. The number of carbonyl (C=O) groups excluding carboxylic acids is 1. The Morgan fingerprint density at radius 2 is 2.20 bits per heavy atom. The number of hydrogen-bond acceptors (Lipinski definition) is 3. The van der Waals surface area contributed by atoms with Gasteiger partial charge in [0.2, 0.25) is 0 Å². The van der Waals surface area contributed by atoms with Crippen LogP contribution in [0.4, 0.5) is 4.79 Å². The molecule has 0 aliphatic carbocycles. The summed E-state index contributed by atoms with van der Waals surface area (Å²) < 4.78 is 10.6. The molecule has 0 unspecified atom stereocenters. The average molecular weight is 278 g/mol. The van der Waals surface area contributed by atoms with Crippen LogP contribution < -0.4 is 15.4 Å². The molecule has 0 bridgehead atoms. The van der Waals surface area contributed by atoms with Gasteiger partial charge in [-0.15, -0.1) is 0 Å². The van der Waals surface area contributed by atoms with Crippen molar-refractivity contribution in [3.8, 4) is 5.75 Å². The number of carbonyl (C=O) groups is 1. The first-order valence-electron chi connectivity index (χ1n) is 6.98. The molecule has 5 nitrogen and oxygen atoms in total. The summed E-state index contributed by atoms with van der Waals surface area (Å²) in [7, 11) is 1.63. The third-order valence-corrected chi connectivity index (χ3v) is 3.49. The molecule has 1 aliphatic rings. The predicted molar refractivity (Wildman–Crippen MR) is 76.8 cm³/mol. The Morgan fingerprint density at radius 1 is 1.45 bits per heavy atom. The third-order valence-electron chi connectivity index (χ3n) is 3.49. The van der Waals surface area contributed by atoms with Crippen LogP contribution in [-0.4, -0.2) is 31.9 Å². The molecule has 1 fully saturated rings. The van der Waals surface area contributed by atoms with E-state index >= 15 is 0 Å². The lowest BCUT2D eigenvalue weighted by atomic mass is 10.1. The Morgan fingerprint density at radius 3 is 2.80 bits per heavy atom. The van der Waals surface area contributed by atoms with Gasteiger partial charge in [0.25, 0.3) is 0 Å². The van der Waals surface area contributed by atoms with Gasteiger partial charge in [0.15, 0.2) is 0 Å². The van der Waals surface area contributed by atoms with Crippen molar-refractivity contribution in [3.05, 3.63) is 29.8 Å². The normalized spacial score (nSPS) is 19.4. The molecule has 1 aliphatic heterocycles. The van der Waals surface area contributed by atoms with Crippen LogP contribution in [-0.2, 0) is 11.3 Å². The highest BCUT2D eigenvalue weighted by Crippen LogP contribution is 2.15. The Hall–Kier alpha value is -1.75. The number of ether oxygens (including phenoxy) is 2. The fourth-order valence-electron chi connectivity index (χ4n) is 2.27. The zero-order valence-electron chi connectivity index (χ0n) is 12.0. The van der Waals surface area contributed by atoms with Crippen LogP contribution in [0, 0.1) is 0 Å². The number of amides is 2. The smallest absolute Gasteiger partial charge is 0.315 e. The Balaban J connectivity index is 1.73. The summed E-state index contributed by atoms with van der Waals surface area (Å²) in [5.74, 6) is 0.810. The molecule has 0 aromatic heterocycles. The standard InChI is InChI=1S/C15H22N2O3/c1-11(14-4-3-9-20-14)17-15(18)16-10-12-5-7-13(19-2)8-6-12/h5-8,11,14H,3-4,9-10H2,1-2H3,(H2,16,17,18)/t11-,14+/m1/s1. The van der Waals surface area contributed by atoms with Crippen molar-refractivity contribution in [2.45, 2.75) is 38.5 Å². The quantitative estimate of drug-likeness (QED) is 0.866. The second-order valence-electron chi connectivity index (χ2n) is 5.02. The summed E-state index contributed by atoms with van der Waals surface area (Å²) in [6.45, 7) is 3.27. The average Bonchev–Trinajstić information content (AvgIpc) is 3.00. The zero-order valence-corrected chi connectivity index (χ0v) is 12.0. The molecule has 0 radical (unpaired) electrons. The van der Waals surface area contributed by atoms with E-state index in [1.807, 2.05) is 31.2 Å². The van der Waals surface area contributed by atoms with Gasteiger partial charge in [-0.3, -0.25) is 0 Å². The molecule has 2 N–H and O–H groups in total. The maximum atomic E-state index is 11.8. The maximum Gasteiger partial charge on any atom is 0.315 e. The molecule has 110 valence electrons. The van der Waals surface area contributed by atoms with Crippen LogP contribution in [0.25, 0.3) is 0 Å². The molecule has 2 rings (SSSR count). The summed E-state index contributed by atoms with van der Waals surface area (Å²) in [4.78, 5) is 11.8. The molecule has 5 heteroatoms. The SMILES string of the molecule is COc1ccc(CNC(=O)N[C@H](C)[C@@H]2CCCO2)cc1. The van der Waals surface area contributed by atoms with Gasteiger partial charge < -0.3 is 20.1 Å². The highest BCUT2D eigenvalue weighted by atomic mass is 16.5. The van der Waals surface area contributed by atoms with Crippen molar-refractivity contribution in [1.29, 1.82) is 0 Å². The van der Waals surface area contributed by atoms with E-state index in [1.54, 1.807) is 7.11 Å². The summed E-state index contributed by atoms with van der Waals surface area (Å²) in [5, 5.41) is 5.76. The number of rotatable bonds is 5. The molecular weight excluding hydrogens is 256 g/mol. The van der Waals surface area contributed by atoms with E-state index < -0.39 is 0 Å². The van der Waals surface area contributed by atoms with Gasteiger partial charge in [-0.2, -0.15) is 0 Å². The molecule has 2 amide bonds. The largest absolute Gasteiger partial charge is 0.497 e. The molecule has 1 saturated heterocycles. The summed E-state index contributed by atoms with van der Waals surface area (Å²) in [6, 6.07) is 7.50. The summed E-state index contributed by atoms with van der Waals surface area (Å²) in [6.07, 6.45) is 2.23. The van der Waals surface area contributed by atoms with Gasteiger partial charge in [-0.25, -0.2) is 4.79 Å². The minimum absolute atomic E-state index is 0.0355. The molecule has 20 heavy (non-hydrogen) atoms. The fraction of sp³-hybridized carbons (Fsp3) is 0.533. The molecular formula is C15H22N2O3. The highest BCUT2D eigenvalue weighted by Gasteiger charge is 2.23. The second kappa shape index (κ2) is 7.14. The second-order valence-corrected chi connectivity index (χ2v) is 5.02. The van der Waals surface area contributed by atoms with Crippen molar-refractivity contribution in [1.82, 2.24) is 10.6 Å². The lowest BCUT2D eigenvalue weighted by Crippen LogP contribution is -2.45. The monoisotopic (exact) mass is 278 g/mol. The van der Waals surface area contributed by atoms with E-state index in [4.69, 9.17) is 9.47 Å². The topological polar surface area (TPSA) is 59.6 Å². The minimum Gasteiger partial charge on any atom is -0.497 e. The molecule has 0 saturated carbocycles. The highest BCUT2D eigenvalue weighted by molar-refractivity contribution is 5.74. The van der Waals surface area contributed by atoms with Crippen LogP contribution in [0.3, 0.4) is 0 Å². The number of benzene rings is 1. The minimum atomic E-state index is -0.163. The molecule has 0 spiro atoms. The zero-order chi connectivity index (χ0) is 14.4. The summed E-state index contributed by atoms with van der Waals surface area (Å²) in [5.41, 5.74) is 1.03. The Kier molecular flexibility index (Phi) is 5.24. The molecule has 1 aromatic carbocycles. The van der Waals surface area contributed by atoms with Gasteiger partial charge in [0.1, 0.15) is 5.75 Å². The van der Waals surface area contributed by atoms with E-state index in [0.29, 0.717) is 6.54 Å². The molecule has 1 aromatic rings. The number of hydrogen-bond donors (Lipinski definition) is 2. The Labute approximate surface area is 119 Å². The van der Waals surface area contributed by atoms with Gasteiger partial charge >= 0.3 is 6.03 Å². The van der Waals surface area contributed by atoms with Crippen LogP contribution in [0.15, 0.2) is 24.3 Å². The molecule has 1 heterocycles. The fourth-order valence-corrected chi connectivity index (χ4v) is 2.27. The van der Waals surface area contributed by atoms with Gasteiger partial charge in [-0.05, 0) is 37.5 Å². The van der Waals surface area contributed by atoms with Crippen molar-refractivity contribution in [3.63, 3.8) is 0 Å². The van der Waals surface area contributed by atoms with Crippen molar-refractivity contribution in [2.24, 2.45) is 0 Å². The van der Waals surface area contributed by atoms with E-state index in [1.165, 1.54) is 0 Å². The molecule has 2 atom stereocenters. The lowest BCUT2D eigenvalue weighted by molar-refractivity contribution is 0.0860. The van der Waals surface area contributed by atoms with Gasteiger partial charge in [-0.1, -0.05) is 12.1 Å². The maximum absolute atomic E-state index is 11.8. The van der Waals surface area contributed by atoms with Crippen LogP contribution in [0.5, 0.6) is 5.75 Å². The van der Waals surface area contributed by atoms with Crippen LogP contribution in [0.1, 0.15) is 25.3 Å². The van der Waals surface area contributed by atoms with E-state index in [-0.39, 0.29) is 18.2 Å². The van der Waals surface area contributed by atoms with E-state index in [2.05, 4.69) is 10.6 Å². The van der Waals surface area contributed by atoms with Crippen molar-refractivity contribution in [2.75, 3.05) is 13.7 Å². The van der Waals surface area contributed by atoms with Gasteiger partial charge in [0, 0.05) is 13.2 Å². The van der Waals surface area contributed by atoms with Crippen LogP contribution in [0.2, 0.25) is 0 Å². The van der Waals surface area contributed by atoms with E-state index in [9.17, 15) is 4.79 Å². The lowest BCUT2D eigenvalue weighted by Gasteiger charge is -2.20. The first-order chi connectivity index (χ1) is 9.69. The Bertz CT molecular complexity index is 427. The third kappa shape index (κ3) is 4.13. The van der Waals surface area contributed by atoms with E-state index in [0.717, 1.165) is 30.8 Å². The van der Waals surface area contributed by atoms with Crippen LogP contribution >= 0.6 is 0 Å². The summed E-state index contributed by atoms with van der Waals surface area (Å²) >= 11 is 0. The number of methoxy groups -OCH3 is 1.